The summed E-state index contributed by atoms with van der Waals surface area (Å²) in [5, 5.41) is 4.71. The van der Waals surface area contributed by atoms with Crippen molar-refractivity contribution in [1.29, 1.82) is 0 Å². The first-order valence-corrected chi connectivity index (χ1v) is 7.56. The molecule has 3 rings (SSSR count). The van der Waals surface area contributed by atoms with Crippen LogP contribution < -0.4 is 0 Å². The van der Waals surface area contributed by atoms with Gasteiger partial charge in [0.15, 0.2) is 0 Å². The lowest BCUT2D eigenvalue weighted by Gasteiger charge is -2.05. The molecule has 5 heteroatoms. The average Bonchev–Trinajstić information content (AvgIpc) is 3.01. The lowest BCUT2D eigenvalue weighted by Crippen LogP contribution is -2.04. The van der Waals surface area contributed by atoms with Gasteiger partial charge in [0.1, 0.15) is 5.69 Å². The Labute approximate surface area is 138 Å². The first-order valence-electron chi connectivity index (χ1n) is 7.19. The highest BCUT2D eigenvalue weighted by atomic mass is 35.5. The largest absolute Gasteiger partial charge is 0.460 e. The molecule has 0 amide bonds. The van der Waals surface area contributed by atoms with Crippen molar-refractivity contribution < 1.29 is 14.1 Å². The monoisotopic (exact) mass is 327 g/mol. The topological polar surface area (TPSA) is 52.3 Å². The Morgan fingerprint density at radius 1 is 1.09 bits per heavy atom. The minimum atomic E-state index is -0.529. The third kappa shape index (κ3) is 3.12. The molecule has 0 bridgehead atoms. The minimum Gasteiger partial charge on any atom is -0.460 e. The summed E-state index contributed by atoms with van der Waals surface area (Å²) in [5.41, 5.74) is 2.84. The van der Waals surface area contributed by atoms with Gasteiger partial charge in [-0.3, -0.25) is 0 Å². The molecule has 2 aromatic carbocycles. The van der Waals surface area contributed by atoms with E-state index in [9.17, 15) is 4.79 Å². The fraction of sp³-hybridized carbons (Fsp3) is 0.111. The smallest absolute Gasteiger partial charge is 0.377 e. The minimum absolute atomic E-state index is 0.1000. The number of benzene rings is 2. The van der Waals surface area contributed by atoms with Gasteiger partial charge in [-0.25, -0.2) is 4.79 Å². The summed E-state index contributed by atoms with van der Waals surface area (Å²) < 4.78 is 10.4. The highest BCUT2D eigenvalue weighted by Gasteiger charge is 2.25. The summed E-state index contributed by atoms with van der Waals surface area (Å²) in [4.78, 5) is 12.2. The first-order chi connectivity index (χ1) is 11.2. The van der Waals surface area contributed by atoms with E-state index in [0.717, 1.165) is 11.1 Å². The Balaban J connectivity index is 2.17. The molecule has 0 atom stereocenters. The van der Waals surface area contributed by atoms with Crippen LogP contribution in [0.15, 0.2) is 59.1 Å². The Kier molecular flexibility index (Phi) is 4.44. The highest BCUT2D eigenvalue weighted by molar-refractivity contribution is 6.30. The lowest BCUT2D eigenvalue weighted by atomic mass is 9.99. The molecule has 0 aliphatic carbocycles. The van der Waals surface area contributed by atoms with E-state index in [4.69, 9.17) is 20.9 Å². The summed E-state index contributed by atoms with van der Waals surface area (Å²) in [7, 11) is 0. The zero-order valence-electron chi connectivity index (χ0n) is 12.5. The second kappa shape index (κ2) is 6.67. The van der Waals surface area contributed by atoms with Crippen molar-refractivity contribution in [2.45, 2.75) is 6.92 Å². The maximum Gasteiger partial charge on any atom is 0.377 e. The van der Waals surface area contributed by atoms with Crippen LogP contribution >= 0.6 is 11.6 Å². The molecule has 1 heterocycles. The van der Waals surface area contributed by atoms with Crippen LogP contribution in [0.1, 0.15) is 17.5 Å². The number of ether oxygens (including phenoxy) is 1. The van der Waals surface area contributed by atoms with Crippen LogP contribution in [0.5, 0.6) is 0 Å². The summed E-state index contributed by atoms with van der Waals surface area (Å²) in [5.74, 6) is -0.429. The van der Waals surface area contributed by atoms with E-state index < -0.39 is 5.97 Å². The molecule has 0 saturated carbocycles. The van der Waals surface area contributed by atoms with Crippen molar-refractivity contribution in [1.82, 2.24) is 5.16 Å². The van der Waals surface area contributed by atoms with Crippen LogP contribution in [-0.4, -0.2) is 17.7 Å². The van der Waals surface area contributed by atoms with Gasteiger partial charge in [-0.1, -0.05) is 59.2 Å². The molecular formula is C18H14ClNO3. The number of nitrogens with zero attached hydrogens (tertiary/aromatic N) is 1. The van der Waals surface area contributed by atoms with Gasteiger partial charge in [-0.2, -0.15) is 0 Å². The Bertz CT molecular complexity index is 810. The van der Waals surface area contributed by atoms with E-state index in [2.05, 4.69) is 5.16 Å². The van der Waals surface area contributed by atoms with Crippen molar-refractivity contribution >= 4 is 17.6 Å². The molecule has 0 unspecified atom stereocenters. The number of hydrogen-bond donors (Lipinski definition) is 0. The van der Waals surface area contributed by atoms with Crippen LogP contribution in [-0.2, 0) is 4.74 Å². The maximum absolute atomic E-state index is 12.2. The van der Waals surface area contributed by atoms with E-state index in [1.807, 2.05) is 42.5 Å². The molecule has 0 radical (unpaired) electrons. The Morgan fingerprint density at radius 3 is 2.43 bits per heavy atom. The third-order valence-electron chi connectivity index (χ3n) is 3.33. The van der Waals surface area contributed by atoms with Gasteiger partial charge in [0, 0.05) is 10.6 Å². The second-order valence-electron chi connectivity index (χ2n) is 4.83. The molecule has 0 saturated heterocycles. The molecule has 23 heavy (non-hydrogen) atoms. The first kappa shape index (κ1) is 15.3. The molecule has 1 aromatic heterocycles. The van der Waals surface area contributed by atoms with E-state index in [1.165, 1.54) is 0 Å². The molecule has 0 fully saturated rings. The summed E-state index contributed by atoms with van der Waals surface area (Å²) >= 11 is 5.93. The van der Waals surface area contributed by atoms with Crippen molar-refractivity contribution in [2.24, 2.45) is 0 Å². The van der Waals surface area contributed by atoms with E-state index >= 15 is 0 Å². The van der Waals surface area contributed by atoms with Crippen molar-refractivity contribution in [3.05, 3.63) is 65.4 Å². The van der Waals surface area contributed by atoms with Gasteiger partial charge in [0.25, 0.3) is 5.76 Å². The van der Waals surface area contributed by atoms with Crippen LogP contribution in [0.3, 0.4) is 0 Å². The number of esters is 1. The van der Waals surface area contributed by atoms with E-state index in [1.54, 1.807) is 19.1 Å². The van der Waals surface area contributed by atoms with Crippen LogP contribution in [0, 0.1) is 0 Å². The number of rotatable bonds is 4. The molecule has 0 spiro atoms. The van der Waals surface area contributed by atoms with Gasteiger partial charge < -0.3 is 9.26 Å². The molecule has 116 valence electrons. The number of carbonyl (C=O) groups excluding carboxylic acids is 1. The molecule has 0 aliphatic rings. The lowest BCUT2D eigenvalue weighted by molar-refractivity contribution is 0.0481. The predicted molar refractivity (Wildman–Crippen MR) is 88.3 cm³/mol. The van der Waals surface area contributed by atoms with Crippen molar-refractivity contribution in [2.75, 3.05) is 6.61 Å². The highest BCUT2D eigenvalue weighted by Crippen LogP contribution is 2.35. The molecule has 3 aromatic rings. The standard InChI is InChI=1S/C18H14ClNO3/c1-2-22-18(21)17-15(12-6-4-3-5-7-12)16(20-23-17)13-8-10-14(19)11-9-13/h3-11H,2H2,1H3. The second-order valence-corrected chi connectivity index (χ2v) is 5.27. The van der Waals surface area contributed by atoms with Gasteiger partial charge in [-0.15, -0.1) is 0 Å². The van der Waals surface area contributed by atoms with Crippen LogP contribution in [0.4, 0.5) is 0 Å². The quantitative estimate of drug-likeness (QED) is 0.643. The molecule has 0 N–H and O–H groups in total. The van der Waals surface area contributed by atoms with Crippen LogP contribution in [0.25, 0.3) is 22.4 Å². The zero-order valence-corrected chi connectivity index (χ0v) is 13.2. The maximum atomic E-state index is 12.2. The third-order valence-corrected chi connectivity index (χ3v) is 3.59. The molecular weight excluding hydrogens is 314 g/mol. The SMILES string of the molecule is CCOC(=O)c1onc(-c2ccc(Cl)cc2)c1-c1ccccc1. The van der Waals surface area contributed by atoms with Crippen LogP contribution in [0.2, 0.25) is 5.02 Å². The number of aromatic nitrogens is 1. The summed E-state index contributed by atoms with van der Waals surface area (Å²) in [6.45, 7) is 2.01. The van der Waals surface area contributed by atoms with Crippen molar-refractivity contribution in [3.8, 4) is 22.4 Å². The summed E-state index contributed by atoms with van der Waals surface area (Å²) in [6, 6.07) is 16.7. The Morgan fingerprint density at radius 2 is 1.78 bits per heavy atom. The predicted octanol–water partition coefficient (Wildman–Crippen LogP) is 4.84. The van der Waals surface area contributed by atoms with Gasteiger partial charge >= 0.3 is 5.97 Å². The van der Waals surface area contributed by atoms with E-state index in [0.29, 0.717) is 16.3 Å². The number of halogens is 1. The number of carbonyl (C=O) groups is 1. The molecule has 0 aliphatic heterocycles. The van der Waals surface area contributed by atoms with E-state index in [-0.39, 0.29) is 12.4 Å². The van der Waals surface area contributed by atoms with Crippen molar-refractivity contribution in [3.63, 3.8) is 0 Å². The fourth-order valence-corrected chi connectivity index (χ4v) is 2.43. The Hall–Kier alpha value is -2.59. The van der Waals surface area contributed by atoms with Gasteiger partial charge in [0.05, 0.1) is 12.2 Å². The zero-order chi connectivity index (χ0) is 16.2. The number of hydrogen-bond acceptors (Lipinski definition) is 4. The summed E-state index contributed by atoms with van der Waals surface area (Å²) in [6.07, 6.45) is 0. The van der Waals surface area contributed by atoms with Gasteiger partial charge in [0.2, 0.25) is 0 Å². The normalized spacial score (nSPS) is 10.5. The average molecular weight is 328 g/mol. The fourth-order valence-electron chi connectivity index (χ4n) is 2.30. The molecule has 4 nitrogen and oxygen atoms in total. The van der Waals surface area contributed by atoms with Gasteiger partial charge in [-0.05, 0) is 24.6 Å².